The van der Waals surface area contributed by atoms with Crippen LogP contribution in [0, 0.1) is 6.92 Å². The minimum absolute atomic E-state index is 0.0192. The van der Waals surface area contributed by atoms with Gasteiger partial charge >= 0.3 is 0 Å². The molecule has 0 saturated carbocycles. The molecule has 0 aliphatic carbocycles. The van der Waals surface area contributed by atoms with Crippen LogP contribution in [-0.4, -0.2) is 26.4 Å². The summed E-state index contributed by atoms with van der Waals surface area (Å²) in [5, 5.41) is 7.22. The molecule has 1 heterocycles. The lowest BCUT2D eigenvalue weighted by atomic mass is 10.2. The molecule has 2 rings (SSSR count). The van der Waals surface area contributed by atoms with Gasteiger partial charge in [-0.1, -0.05) is 25.1 Å². The normalized spacial score (nSPS) is 12.1. The summed E-state index contributed by atoms with van der Waals surface area (Å²) >= 11 is 1.56. The highest BCUT2D eigenvalue weighted by Gasteiger charge is 2.18. The molecule has 1 unspecified atom stereocenters. The molecule has 5 nitrogen and oxygen atoms in total. The molecular formula is C16H22N4OS. The van der Waals surface area contributed by atoms with Gasteiger partial charge in [-0.3, -0.25) is 4.79 Å². The average molecular weight is 318 g/mol. The Balaban J connectivity index is 1.94. The van der Waals surface area contributed by atoms with Gasteiger partial charge in [-0.05, 0) is 31.9 Å². The topological polar surface area (TPSA) is 59.8 Å². The third-order valence-corrected chi connectivity index (χ3v) is 4.63. The van der Waals surface area contributed by atoms with Gasteiger partial charge in [0.15, 0.2) is 0 Å². The van der Waals surface area contributed by atoms with Crippen LogP contribution in [-0.2, 0) is 11.3 Å². The van der Waals surface area contributed by atoms with Gasteiger partial charge in [0.05, 0.1) is 11.8 Å². The Labute approximate surface area is 135 Å². The number of nitrogens with zero attached hydrogens (tertiary/aromatic N) is 3. The number of carbonyl (C=O) groups is 1. The quantitative estimate of drug-likeness (QED) is 0.797. The number of thioether (sulfide) groups is 1. The summed E-state index contributed by atoms with van der Waals surface area (Å²) < 4.78 is 1.82. The fraction of sp³-hybridized carbons (Fsp3) is 0.438. The van der Waals surface area contributed by atoms with E-state index in [-0.39, 0.29) is 11.9 Å². The van der Waals surface area contributed by atoms with E-state index in [2.05, 4.69) is 28.4 Å². The molecule has 0 bridgehead atoms. The predicted octanol–water partition coefficient (Wildman–Crippen LogP) is 2.97. The van der Waals surface area contributed by atoms with E-state index in [1.165, 1.54) is 11.9 Å². The number of amides is 1. The molecule has 0 radical (unpaired) electrons. The van der Waals surface area contributed by atoms with Crippen LogP contribution in [0.5, 0.6) is 0 Å². The predicted molar refractivity (Wildman–Crippen MR) is 88.8 cm³/mol. The van der Waals surface area contributed by atoms with Gasteiger partial charge in [0.1, 0.15) is 12.2 Å². The number of carbonyl (C=O) groups excluding carboxylic acids is 1. The van der Waals surface area contributed by atoms with Crippen molar-refractivity contribution < 1.29 is 4.79 Å². The highest BCUT2D eigenvalue weighted by atomic mass is 32.2. The summed E-state index contributed by atoms with van der Waals surface area (Å²) in [5.74, 6) is 1.24. The maximum atomic E-state index is 12.2. The minimum Gasteiger partial charge on any atom is -0.345 e. The molecule has 118 valence electrons. The zero-order valence-corrected chi connectivity index (χ0v) is 14.1. The molecule has 0 aliphatic rings. The third kappa shape index (κ3) is 4.10. The molecule has 0 fully saturated rings. The Morgan fingerprint density at radius 3 is 2.82 bits per heavy atom. The van der Waals surface area contributed by atoms with Crippen molar-refractivity contribution in [3.63, 3.8) is 0 Å². The van der Waals surface area contributed by atoms with Gasteiger partial charge in [0, 0.05) is 11.4 Å². The van der Waals surface area contributed by atoms with E-state index in [0.717, 1.165) is 23.7 Å². The van der Waals surface area contributed by atoms with Crippen LogP contribution in [0.3, 0.4) is 0 Å². The van der Waals surface area contributed by atoms with Crippen molar-refractivity contribution in [2.45, 2.75) is 44.7 Å². The summed E-state index contributed by atoms with van der Waals surface area (Å²) in [6.07, 6.45) is 2.33. The lowest BCUT2D eigenvalue weighted by Gasteiger charge is -2.17. The number of nitrogens with one attached hydrogen (secondary N) is 1. The van der Waals surface area contributed by atoms with E-state index in [1.807, 2.05) is 36.7 Å². The number of aromatic nitrogens is 3. The summed E-state index contributed by atoms with van der Waals surface area (Å²) in [5.41, 5.74) is 1.19. The van der Waals surface area contributed by atoms with Gasteiger partial charge in [-0.15, -0.1) is 11.8 Å². The van der Waals surface area contributed by atoms with Crippen molar-refractivity contribution in [2.75, 3.05) is 5.75 Å². The van der Waals surface area contributed by atoms with Crippen LogP contribution >= 0.6 is 11.8 Å². The molecular weight excluding hydrogens is 296 g/mol. The summed E-state index contributed by atoms with van der Waals surface area (Å²) in [4.78, 5) is 17.6. The third-order valence-electron chi connectivity index (χ3n) is 3.45. The molecule has 0 spiro atoms. The van der Waals surface area contributed by atoms with Crippen molar-refractivity contribution in [3.05, 3.63) is 42.0 Å². The van der Waals surface area contributed by atoms with Gasteiger partial charge in [0.25, 0.3) is 0 Å². The molecule has 1 amide bonds. The number of aryl methyl sites for hydroxylation is 2. The molecule has 0 saturated heterocycles. The fourth-order valence-electron chi connectivity index (χ4n) is 2.23. The van der Waals surface area contributed by atoms with Crippen molar-refractivity contribution >= 4 is 17.7 Å². The van der Waals surface area contributed by atoms with E-state index in [9.17, 15) is 4.79 Å². The molecule has 1 aromatic carbocycles. The maximum Gasteiger partial charge on any atom is 0.230 e. The molecule has 0 aliphatic heterocycles. The van der Waals surface area contributed by atoms with Crippen LogP contribution in [0.2, 0.25) is 0 Å². The van der Waals surface area contributed by atoms with Crippen LogP contribution < -0.4 is 5.32 Å². The zero-order valence-electron chi connectivity index (χ0n) is 13.2. The standard InChI is InChI=1S/C16H22N4OS/c1-4-13(16-17-11-18-20(16)5-2)19-15(21)10-22-14-9-7-6-8-12(14)3/h6-9,11,13H,4-5,10H2,1-3H3,(H,19,21). The summed E-state index contributed by atoms with van der Waals surface area (Å²) in [7, 11) is 0. The maximum absolute atomic E-state index is 12.2. The van der Waals surface area contributed by atoms with Gasteiger partial charge < -0.3 is 5.32 Å². The first-order valence-corrected chi connectivity index (χ1v) is 8.49. The molecule has 1 aromatic heterocycles. The number of rotatable bonds is 7. The minimum atomic E-state index is -0.0904. The van der Waals surface area contributed by atoms with Crippen LogP contribution in [0.4, 0.5) is 0 Å². The molecule has 2 aromatic rings. The number of hydrogen-bond acceptors (Lipinski definition) is 4. The summed E-state index contributed by atoms with van der Waals surface area (Å²) in [6.45, 7) is 6.85. The van der Waals surface area contributed by atoms with Crippen LogP contribution in [0.25, 0.3) is 0 Å². The fourth-order valence-corrected chi connectivity index (χ4v) is 3.07. The Morgan fingerprint density at radius 2 is 2.14 bits per heavy atom. The molecule has 6 heteroatoms. The van der Waals surface area contributed by atoms with E-state index >= 15 is 0 Å². The first kappa shape index (κ1) is 16.5. The SMILES string of the molecule is CCC(NC(=O)CSc1ccccc1C)c1ncnn1CC. The average Bonchev–Trinajstić information content (AvgIpc) is 3.00. The number of benzene rings is 1. The summed E-state index contributed by atoms with van der Waals surface area (Å²) in [6, 6.07) is 8.00. The van der Waals surface area contributed by atoms with Crippen molar-refractivity contribution in [3.8, 4) is 0 Å². The Bertz CT molecular complexity index is 626. The van der Waals surface area contributed by atoms with Crippen LogP contribution in [0.1, 0.15) is 37.7 Å². The van der Waals surface area contributed by atoms with Crippen molar-refractivity contribution in [1.82, 2.24) is 20.1 Å². The Hall–Kier alpha value is -1.82. The van der Waals surface area contributed by atoms with Gasteiger partial charge in [0.2, 0.25) is 5.91 Å². The van der Waals surface area contributed by atoms with Crippen molar-refractivity contribution in [1.29, 1.82) is 0 Å². The molecule has 1 N–H and O–H groups in total. The van der Waals surface area contributed by atoms with E-state index in [1.54, 1.807) is 11.8 Å². The Kier molecular flexibility index (Phi) is 6.00. The smallest absolute Gasteiger partial charge is 0.230 e. The van der Waals surface area contributed by atoms with E-state index in [0.29, 0.717) is 5.75 Å². The lowest BCUT2D eigenvalue weighted by molar-refractivity contribution is -0.119. The largest absolute Gasteiger partial charge is 0.345 e. The molecule has 1 atom stereocenters. The highest BCUT2D eigenvalue weighted by molar-refractivity contribution is 8.00. The highest BCUT2D eigenvalue weighted by Crippen LogP contribution is 2.22. The second-order valence-corrected chi connectivity index (χ2v) is 6.03. The zero-order chi connectivity index (χ0) is 15.9. The van der Waals surface area contributed by atoms with E-state index in [4.69, 9.17) is 0 Å². The van der Waals surface area contributed by atoms with Crippen LogP contribution in [0.15, 0.2) is 35.5 Å². The second kappa shape index (κ2) is 7.98. The van der Waals surface area contributed by atoms with E-state index < -0.39 is 0 Å². The Morgan fingerprint density at radius 1 is 1.36 bits per heavy atom. The van der Waals surface area contributed by atoms with Crippen molar-refractivity contribution in [2.24, 2.45) is 0 Å². The first-order chi connectivity index (χ1) is 10.7. The monoisotopic (exact) mass is 318 g/mol. The molecule has 22 heavy (non-hydrogen) atoms. The van der Waals surface area contributed by atoms with Gasteiger partial charge in [-0.25, -0.2) is 9.67 Å². The number of hydrogen-bond donors (Lipinski definition) is 1. The lowest BCUT2D eigenvalue weighted by Crippen LogP contribution is -2.31. The first-order valence-electron chi connectivity index (χ1n) is 7.51. The van der Waals surface area contributed by atoms with Gasteiger partial charge in [-0.2, -0.15) is 5.10 Å². The second-order valence-electron chi connectivity index (χ2n) is 5.02.